The van der Waals surface area contributed by atoms with Crippen LogP contribution < -0.4 is 26.2 Å². The first-order valence-electron chi connectivity index (χ1n) is 28.2. The lowest BCUT2D eigenvalue weighted by Crippen LogP contribution is -2.64. The predicted molar refractivity (Wildman–Crippen MR) is 324 cm³/mol. The van der Waals surface area contributed by atoms with Gasteiger partial charge >= 0.3 is 0 Å². The molecule has 0 amide bonds. The van der Waals surface area contributed by atoms with Crippen molar-refractivity contribution in [2.45, 2.75) is 142 Å². The maximum absolute atomic E-state index is 2.71. The standard InChI is InChI=1S/C71H71BN2S/c1-44-37-53-54-43-70(9)33-16-17-34-71(70,10)56-22-18-23-59(65(54)56)72-58-31-28-48(41-61(58)74(62(38-44)66(53)72)60-32-25-46(67(2,3)4)39-52(60)45-19-12-11-13-20-45)73(47-27-30-55-57(40-47)69(7,8)36-35-68(55,5)6)49-26-29-51-50-21-14-15-24-63(50)75-64(51)42-49/h11-15,18-32,37-42,54H,16-17,33-36,43H2,1-10H3. The van der Waals surface area contributed by atoms with Crippen LogP contribution in [0.3, 0.4) is 0 Å². The van der Waals surface area contributed by atoms with Crippen LogP contribution in [0.15, 0.2) is 158 Å². The summed E-state index contributed by atoms with van der Waals surface area (Å²) in [6.45, 7) is 24.6. The van der Waals surface area contributed by atoms with E-state index < -0.39 is 0 Å². The first kappa shape index (κ1) is 47.1. The fourth-order valence-electron chi connectivity index (χ4n) is 15.5. The lowest BCUT2D eigenvalue weighted by molar-refractivity contribution is 0.0603. The molecule has 3 aliphatic carbocycles. The molecular weight excluding hydrogens is 924 g/mol. The number of hydrogen-bond acceptors (Lipinski definition) is 3. The summed E-state index contributed by atoms with van der Waals surface area (Å²) in [5.74, 6) is 0.356. The highest BCUT2D eigenvalue weighted by Crippen LogP contribution is 2.63. The number of rotatable bonds is 5. The second-order valence-electron chi connectivity index (χ2n) is 26.4. The van der Waals surface area contributed by atoms with E-state index >= 15 is 0 Å². The molecule has 0 bridgehead atoms. The normalized spacial score (nSPS) is 21.8. The maximum Gasteiger partial charge on any atom is 0.247 e. The summed E-state index contributed by atoms with van der Waals surface area (Å²) in [5.41, 5.74) is 25.3. The summed E-state index contributed by atoms with van der Waals surface area (Å²) >= 11 is 1.91. The smallest absolute Gasteiger partial charge is 0.247 e. The van der Waals surface area contributed by atoms with E-state index in [4.69, 9.17) is 0 Å². The Balaban J connectivity index is 1.06. The second kappa shape index (κ2) is 16.3. The first-order valence-corrected chi connectivity index (χ1v) is 29.0. The van der Waals surface area contributed by atoms with Crippen LogP contribution in [0.1, 0.15) is 152 Å². The third-order valence-electron chi connectivity index (χ3n) is 20.0. The molecule has 0 radical (unpaired) electrons. The van der Waals surface area contributed by atoms with Gasteiger partial charge in [0.25, 0.3) is 0 Å². The zero-order valence-corrected chi connectivity index (χ0v) is 46.7. The highest BCUT2D eigenvalue weighted by Gasteiger charge is 2.56. The summed E-state index contributed by atoms with van der Waals surface area (Å²) in [6.07, 6.45) is 8.76. The largest absolute Gasteiger partial charge is 0.311 e. The fraction of sp³-hybridized carbons (Fsp3) is 0.324. The van der Waals surface area contributed by atoms with Gasteiger partial charge in [-0.25, -0.2) is 0 Å². The molecule has 1 saturated carbocycles. The van der Waals surface area contributed by atoms with Gasteiger partial charge in [0.1, 0.15) is 0 Å². The van der Waals surface area contributed by atoms with Crippen LogP contribution in [-0.4, -0.2) is 6.71 Å². The molecule has 8 aromatic carbocycles. The minimum absolute atomic E-state index is 0.0244. The summed E-state index contributed by atoms with van der Waals surface area (Å²) < 4.78 is 2.65. The van der Waals surface area contributed by atoms with Gasteiger partial charge in [0.05, 0.1) is 5.69 Å². The summed E-state index contributed by atoms with van der Waals surface area (Å²) in [4.78, 5) is 5.30. The van der Waals surface area contributed by atoms with Gasteiger partial charge in [-0.3, -0.25) is 0 Å². The van der Waals surface area contributed by atoms with Gasteiger partial charge in [0, 0.05) is 60.1 Å². The van der Waals surface area contributed by atoms with Crippen LogP contribution >= 0.6 is 11.3 Å². The van der Waals surface area contributed by atoms with Crippen molar-refractivity contribution in [1.29, 1.82) is 0 Å². The summed E-state index contributed by atoms with van der Waals surface area (Å²) in [7, 11) is 0. The molecule has 374 valence electrons. The van der Waals surface area contributed by atoms with E-state index in [0.717, 1.165) is 0 Å². The Morgan fingerprint density at radius 3 is 2.08 bits per heavy atom. The van der Waals surface area contributed by atoms with E-state index in [1.807, 2.05) is 11.3 Å². The van der Waals surface area contributed by atoms with Crippen LogP contribution in [0.4, 0.5) is 34.1 Å². The van der Waals surface area contributed by atoms with Crippen molar-refractivity contribution in [2.75, 3.05) is 9.80 Å². The van der Waals surface area contributed by atoms with E-state index in [1.54, 1.807) is 16.7 Å². The van der Waals surface area contributed by atoms with Gasteiger partial charge in [-0.05, 0) is 182 Å². The molecule has 0 spiro atoms. The molecule has 1 fully saturated rings. The van der Waals surface area contributed by atoms with Crippen molar-refractivity contribution in [1.82, 2.24) is 0 Å². The van der Waals surface area contributed by atoms with Crippen molar-refractivity contribution < 1.29 is 0 Å². The summed E-state index contributed by atoms with van der Waals surface area (Å²) in [5, 5.41) is 2.65. The van der Waals surface area contributed by atoms with Gasteiger partial charge in [-0.15, -0.1) is 11.3 Å². The molecule has 3 atom stereocenters. The van der Waals surface area contributed by atoms with Crippen molar-refractivity contribution in [3.63, 3.8) is 0 Å². The minimum Gasteiger partial charge on any atom is -0.311 e. The lowest BCUT2D eigenvalue weighted by atomic mass is 9.29. The quantitative estimate of drug-likeness (QED) is 0.159. The maximum atomic E-state index is 2.71. The molecule has 0 N–H and O–H groups in total. The number of nitrogens with zero attached hydrogens (tertiary/aromatic N) is 2. The number of hydrogen-bond donors (Lipinski definition) is 0. The molecule has 75 heavy (non-hydrogen) atoms. The number of thiophene rings is 1. The van der Waals surface area contributed by atoms with Crippen LogP contribution in [0.5, 0.6) is 0 Å². The SMILES string of the molecule is Cc1cc2c3c(c1)N(c1ccc(C(C)(C)C)cc1-c1ccccc1)c1cc(N(c4ccc5c(c4)C(C)(C)CCC5(C)C)c4ccc5c(c4)sc4ccccc45)ccc1B3c1cccc3c1C2CC1(C)CCCCC31C. The number of fused-ring (bicyclic) bond motifs is 10. The Morgan fingerprint density at radius 1 is 0.560 bits per heavy atom. The predicted octanol–water partition coefficient (Wildman–Crippen LogP) is 18.1. The molecule has 3 heterocycles. The first-order chi connectivity index (χ1) is 35.9. The molecule has 2 nitrogen and oxygen atoms in total. The van der Waals surface area contributed by atoms with Gasteiger partial charge in [-0.2, -0.15) is 0 Å². The van der Waals surface area contributed by atoms with E-state index in [-0.39, 0.29) is 33.8 Å². The molecule has 2 aliphatic heterocycles. The summed E-state index contributed by atoms with van der Waals surface area (Å²) in [6, 6.07) is 62.4. The van der Waals surface area contributed by atoms with E-state index in [1.165, 1.54) is 149 Å². The highest BCUT2D eigenvalue weighted by atomic mass is 32.1. The Hall–Kier alpha value is -6.36. The Bertz CT molecular complexity index is 3830. The molecule has 3 unspecified atom stereocenters. The number of anilines is 6. The zero-order valence-electron chi connectivity index (χ0n) is 45.9. The molecule has 5 aliphatic rings. The molecular formula is C71H71BN2S. The van der Waals surface area contributed by atoms with E-state index in [0.29, 0.717) is 5.92 Å². The van der Waals surface area contributed by atoms with Crippen LogP contribution in [0.25, 0.3) is 31.3 Å². The lowest BCUT2D eigenvalue weighted by Gasteiger charge is -2.58. The molecule has 9 aromatic rings. The van der Waals surface area contributed by atoms with Gasteiger partial charge in [-0.1, -0.05) is 178 Å². The number of benzene rings is 8. The number of aryl methyl sites for hydroxylation is 1. The Kier molecular flexibility index (Phi) is 10.3. The molecule has 14 rings (SSSR count). The van der Waals surface area contributed by atoms with Gasteiger partial charge in [0.2, 0.25) is 6.71 Å². The average molecular weight is 995 g/mol. The van der Waals surface area contributed by atoms with Crippen LogP contribution in [-0.2, 0) is 21.7 Å². The van der Waals surface area contributed by atoms with Crippen molar-refractivity contribution in [2.24, 2.45) is 5.41 Å². The molecule has 1 aromatic heterocycles. The van der Waals surface area contributed by atoms with Crippen molar-refractivity contribution in [3.05, 3.63) is 197 Å². The third kappa shape index (κ3) is 6.96. The Labute approximate surface area is 450 Å². The second-order valence-corrected chi connectivity index (χ2v) is 27.5. The molecule has 0 saturated heterocycles. The van der Waals surface area contributed by atoms with Crippen LogP contribution in [0.2, 0.25) is 0 Å². The zero-order chi connectivity index (χ0) is 51.6. The topological polar surface area (TPSA) is 6.48 Å². The third-order valence-corrected chi connectivity index (χ3v) is 21.1. The fourth-order valence-corrected chi connectivity index (χ4v) is 16.7. The average Bonchev–Trinajstić information content (AvgIpc) is 3.81. The highest BCUT2D eigenvalue weighted by molar-refractivity contribution is 7.25. The van der Waals surface area contributed by atoms with Crippen molar-refractivity contribution >= 4 is 88.7 Å². The molecule has 4 heteroatoms. The van der Waals surface area contributed by atoms with Gasteiger partial charge in [0.15, 0.2) is 0 Å². The monoisotopic (exact) mass is 995 g/mol. The Morgan fingerprint density at radius 2 is 1.27 bits per heavy atom. The van der Waals surface area contributed by atoms with E-state index in [2.05, 4.69) is 237 Å². The minimum atomic E-state index is -0.0244. The van der Waals surface area contributed by atoms with Crippen molar-refractivity contribution in [3.8, 4) is 11.1 Å². The van der Waals surface area contributed by atoms with E-state index in [9.17, 15) is 0 Å². The van der Waals surface area contributed by atoms with Crippen LogP contribution in [0, 0.1) is 12.3 Å². The van der Waals surface area contributed by atoms with Gasteiger partial charge < -0.3 is 9.80 Å².